The van der Waals surface area contributed by atoms with Gasteiger partial charge >= 0.3 is 0 Å². The fourth-order valence-electron chi connectivity index (χ4n) is 14.1. The van der Waals surface area contributed by atoms with Gasteiger partial charge in [0.1, 0.15) is 0 Å². The van der Waals surface area contributed by atoms with Gasteiger partial charge in [0.2, 0.25) is 0 Å². The van der Waals surface area contributed by atoms with Crippen LogP contribution in [0.1, 0.15) is 22.3 Å². The molecule has 2 nitrogen and oxygen atoms in total. The zero-order chi connectivity index (χ0) is 50.0. The number of nitrogens with zero attached hydrogens (tertiary/aromatic N) is 2. The number of rotatable bonds is 5. The molecule has 0 unspecified atom stereocenters. The topological polar surface area (TPSA) is 6.48 Å². The lowest BCUT2D eigenvalue weighted by molar-refractivity contribution is 0.732. The predicted octanol–water partition coefficient (Wildman–Crippen LogP) is 16.0. The Bertz CT molecular complexity index is 3940. The maximum Gasteiger partial charge on any atom is 0.184 e. The number of hydrogen-bond donors (Lipinski definition) is 0. The molecule has 354 valence electrons. The molecular weight excluding hydrogens is 933 g/mol. The monoisotopic (exact) mass is 980 g/mol. The minimum atomic E-state index is -3.11. The lowest BCUT2D eigenvalue weighted by atomic mass is 9.61. The van der Waals surface area contributed by atoms with Crippen LogP contribution in [-0.2, 0) is 5.41 Å². The molecule has 0 N–H and O–H groups in total. The maximum absolute atomic E-state index is 3.11. The van der Waals surface area contributed by atoms with Gasteiger partial charge in [-0.1, -0.05) is 261 Å². The van der Waals surface area contributed by atoms with E-state index in [1.54, 1.807) is 0 Å². The van der Waals surface area contributed by atoms with Gasteiger partial charge in [0.05, 0.1) is 33.9 Å². The van der Waals surface area contributed by atoms with Crippen molar-refractivity contribution < 1.29 is 0 Å². The molecule has 3 heteroatoms. The molecule has 0 spiro atoms. The second kappa shape index (κ2) is 16.5. The summed E-state index contributed by atoms with van der Waals surface area (Å²) in [5.41, 5.74) is 23.9. The van der Waals surface area contributed by atoms with Crippen molar-refractivity contribution in [3.8, 4) is 55.6 Å². The molecule has 0 radical (unpaired) electrons. The number of fused-ring (bicyclic) bond motifs is 14. The van der Waals surface area contributed by atoms with Crippen molar-refractivity contribution in [2.24, 2.45) is 0 Å². The van der Waals surface area contributed by atoms with Gasteiger partial charge in [0.25, 0.3) is 0 Å². The summed E-state index contributed by atoms with van der Waals surface area (Å²) < 4.78 is 0. The summed E-state index contributed by atoms with van der Waals surface area (Å²) in [6.45, 7) is 0. The van der Waals surface area contributed by atoms with E-state index in [1.807, 2.05) is 0 Å². The molecule has 0 aliphatic carbocycles. The molecule has 16 rings (SSSR count). The first kappa shape index (κ1) is 42.9. The van der Waals surface area contributed by atoms with E-state index >= 15 is 0 Å². The average Bonchev–Trinajstić information content (AvgIpc) is 3.89. The number of anilines is 6. The van der Waals surface area contributed by atoms with E-state index in [4.69, 9.17) is 0 Å². The van der Waals surface area contributed by atoms with Crippen molar-refractivity contribution in [3.05, 3.63) is 313 Å². The minimum absolute atomic E-state index is 0.690. The number of para-hydroxylation sites is 4. The third-order valence-electron chi connectivity index (χ3n) is 17.1. The summed E-state index contributed by atoms with van der Waals surface area (Å²) in [6.07, 6.45) is 0. The van der Waals surface area contributed by atoms with Crippen molar-refractivity contribution >= 4 is 62.9 Å². The zero-order valence-electron chi connectivity index (χ0n) is 41.6. The van der Waals surface area contributed by atoms with Crippen LogP contribution in [0.15, 0.2) is 291 Å². The van der Waals surface area contributed by atoms with Gasteiger partial charge in [0, 0.05) is 27.9 Å². The molecule has 4 heterocycles. The lowest BCUT2D eigenvalue weighted by Crippen LogP contribution is -2.77. The zero-order valence-corrected chi connectivity index (χ0v) is 42.6. The van der Waals surface area contributed by atoms with Gasteiger partial charge in [0.15, 0.2) is 8.07 Å². The van der Waals surface area contributed by atoms with Crippen LogP contribution in [0.3, 0.4) is 0 Å². The summed E-state index contributed by atoms with van der Waals surface area (Å²) in [5.74, 6) is 0. The first-order valence-electron chi connectivity index (χ1n) is 26.5. The van der Waals surface area contributed by atoms with Crippen molar-refractivity contribution in [2.75, 3.05) is 9.80 Å². The Balaban J connectivity index is 1.02. The highest BCUT2D eigenvalue weighted by molar-refractivity contribution is 7.21. The average molecular weight is 981 g/mol. The van der Waals surface area contributed by atoms with E-state index in [1.165, 1.54) is 133 Å². The molecule has 0 atom stereocenters. The summed E-state index contributed by atoms with van der Waals surface area (Å²) >= 11 is 0. The fourth-order valence-corrected chi connectivity index (χ4v) is 19.2. The van der Waals surface area contributed by atoms with Gasteiger partial charge in [-0.15, -0.1) is 0 Å². The van der Waals surface area contributed by atoms with Crippen molar-refractivity contribution in [1.29, 1.82) is 0 Å². The Morgan fingerprint density at radius 1 is 0.250 bits per heavy atom. The van der Waals surface area contributed by atoms with Crippen LogP contribution in [0.5, 0.6) is 0 Å². The molecular formula is C73H48N2Si. The van der Waals surface area contributed by atoms with Gasteiger partial charge in [-0.2, -0.15) is 0 Å². The number of benzene rings is 12. The van der Waals surface area contributed by atoms with Gasteiger partial charge in [-0.25, -0.2) is 0 Å². The van der Waals surface area contributed by atoms with Gasteiger partial charge in [-0.3, -0.25) is 0 Å². The molecule has 76 heavy (non-hydrogen) atoms. The Hall–Kier alpha value is -9.54. The van der Waals surface area contributed by atoms with Crippen LogP contribution in [-0.4, -0.2) is 8.07 Å². The second-order valence-corrected chi connectivity index (χ2v) is 24.4. The van der Waals surface area contributed by atoms with Crippen molar-refractivity contribution in [1.82, 2.24) is 0 Å². The number of hydrogen-bond acceptors (Lipinski definition) is 2. The summed E-state index contributed by atoms with van der Waals surface area (Å²) in [6, 6.07) is 110. The van der Waals surface area contributed by atoms with Crippen LogP contribution in [0.25, 0.3) is 55.6 Å². The third-order valence-corrected chi connectivity index (χ3v) is 21.9. The highest BCUT2D eigenvalue weighted by Gasteiger charge is 2.52. The molecule has 0 bridgehead atoms. The molecule has 12 aromatic carbocycles. The summed E-state index contributed by atoms with van der Waals surface area (Å²) in [7, 11) is -3.11. The molecule has 0 saturated heterocycles. The highest BCUT2D eigenvalue weighted by atomic mass is 28.3. The van der Waals surface area contributed by atoms with E-state index in [2.05, 4.69) is 301 Å². The predicted molar refractivity (Wildman–Crippen MR) is 319 cm³/mol. The van der Waals surface area contributed by atoms with Crippen molar-refractivity contribution in [2.45, 2.75) is 5.41 Å². The molecule has 0 amide bonds. The highest BCUT2D eigenvalue weighted by Crippen LogP contribution is 2.63. The van der Waals surface area contributed by atoms with Gasteiger partial charge in [-0.05, 0) is 107 Å². The van der Waals surface area contributed by atoms with E-state index in [0.717, 1.165) is 0 Å². The van der Waals surface area contributed by atoms with E-state index in [0.29, 0.717) is 0 Å². The summed E-state index contributed by atoms with van der Waals surface area (Å²) in [5, 5.41) is 5.50. The minimum Gasteiger partial charge on any atom is -0.309 e. The van der Waals surface area contributed by atoms with Crippen LogP contribution < -0.4 is 30.5 Å². The first-order chi connectivity index (χ1) is 37.7. The van der Waals surface area contributed by atoms with Crippen LogP contribution in [0.4, 0.5) is 34.1 Å². The quantitative estimate of drug-likeness (QED) is 0.159. The smallest absolute Gasteiger partial charge is 0.184 e. The normalized spacial score (nSPS) is 14.2. The molecule has 0 fully saturated rings. The fraction of sp³-hybridized carbons (Fsp3) is 0.0137. The molecule has 4 aliphatic heterocycles. The van der Waals surface area contributed by atoms with E-state index in [-0.39, 0.29) is 0 Å². The third kappa shape index (κ3) is 5.75. The Morgan fingerprint density at radius 2 is 0.658 bits per heavy atom. The molecule has 0 saturated carbocycles. The molecule has 4 aliphatic rings. The SMILES string of the molecule is c1ccc(C2(c3ccccc3)c3cc(-c4ccc5c(c4)[Si](c4ccccc4)(c4ccccc4)c4cccc6c4N5c4ccccc4-c4ccccc4-6)ccc3N3c4ccccc4-c4ccccc4-c4cccc2c43)cc1. The second-order valence-electron chi connectivity index (χ2n) is 20.6. The van der Waals surface area contributed by atoms with E-state index < -0.39 is 13.5 Å². The van der Waals surface area contributed by atoms with Crippen LogP contribution >= 0.6 is 0 Å². The van der Waals surface area contributed by atoms with Crippen LogP contribution in [0, 0.1) is 0 Å². The standard InChI is InChI=1S/C73H48N2Si/c1-5-23-51(24-6-1)73(52-25-7-2-8-26-52)63-39-21-37-61-57-33-15-13-31-55(57)59-35-17-19-40-65(59)74(71(61)63)67-45-43-49(47-64(67)73)50-44-46-68-70(48-50)76(53-27-9-3-10-28-53,54-29-11-4-12-30-54)69-42-22-38-62-58-34-16-14-32-56(58)60-36-18-20-41-66(60)75(68)72(62)69/h1-48H. The first-order valence-corrected chi connectivity index (χ1v) is 28.5. The lowest BCUT2D eigenvalue weighted by Gasteiger charge is -2.47. The van der Waals surface area contributed by atoms with Crippen molar-refractivity contribution in [3.63, 3.8) is 0 Å². The van der Waals surface area contributed by atoms with Gasteiger partial charge < -0.3 is 9.80 Å². The molecule has 0 aromatic heterocycles. The molecule has 12 aromatic rings. The Labute approximate surface area is 444 Å². The largest absolute Gasteiger partial charge is 0.309 e. The summed E-state index contributed by atoms with van der Waals surface area (Å²) in [4.78, 5) is 5.20. The Morgan fingerprint density at radius 3 is 1.21 bits per heavy atom. The Kier molecular flexibility index (Phi) is 9.31. The van der Waals surface area contributed by atoms with Crippen LogP contribution in [0.2, 0.25) is 0 Å². The van der Waals surface area contributed by atoms with E-state index in [9.17, 15) is 0 Å². The maximum atomic E-state index is 2.61.